The molecule has 0 N–H and O–H groups in total. The van der Waals surface area contributed by atoms with Gasteiger partial charge in [-0.05, 0) is 29.8 Å². The van der Waals surface area contributed by atoms with E-state index in [4.69, 9.17) is 11.6 Å². The fraction of sp³-hybridized carbons (Fsp3) is 0.294. The molecule has 1 heterocycles. The van der Waals surface area contributed by atoms with Crippen LogP contribution in [-0.4, -0.2) is 38.9 Å². The Bertz CT molecular complexity index is 804. The third kappa shape index (κ3) is 3.88. The summed E-state index contributed by atoms with van der Waals surface area (Å²) in [4.78, 5) is 2.09. The van der Waals surface area contributed by atoms with Crippen molar-refractivity contribution in [3.8, 4) is 0 Å². The quantitative estimate of drug-likeness (QED) is 0.832. The molecule has 0 unspecified atom stereocenters. The van der Waals surface area contributed by atoms with Crippen LogP contribution in [-0.2, 0) is 15.8 Å². The molecule has 128 valence electrons. The summed E-state index contributed by atoms with van der Waals surface area (Å²) in [5.74, 6) is -0.483. The van der Waals surface area contributed by atoms with Gasteiger partial charge in [0.05, 0.1) is 16.5 Å². The minimum Gasteiger partial charge on any atom is -0.368 e. The van der Waals surface area contributed by atoms with E-state index in [0.717, 1.165) is 5.69 Å². The van der Waals surface area contributed by atoms with Gasteiger partial charge in [-0.3, -0.25) is 0 Å². The number of rotatable bonds is 4. The summed E-state index contributed by atoms with van der Waals surface area (Å²) in [7, 11) is -3.41. The van der Waals surface area contributed by atoms with Crippen LogP contribution in [0, 0.1) is 5.82 Å². The van der Waals surface area contributed by atoms with Crippen molar-refractivity contribution in [1.82, 2.24) is 4.31 Å². The average molecular weight is 369 g/mol. The normalized spacial score (nSPS) is 16.3. The van der Waals surface area contributed by atoms with Crippen LogP contribution in [0.1, 0.15) is 5.56 Å². The Kier molecular flexibility index (Phi) is 5.08. The molecule has 1 aliphatic heterocycles. The number of sulfonamides is 1. The second-order valence-electron chi connectivity index (χ2n) is 5.72. The van der Waals surface area contributed by atoms with E-state index in [1.54, 1.807) is 0 Å². The molecule has 7 heteroatoms. The summed E-state index contributed by atoms with van der Waals surface area (Å²) in [6, 6.07) is 13.1. The molecule has 0 spiro atoms. The monoisotopic (exact) mass is 368 g/mol. The van der Waals surface area contributed by atoms with Crippen LogP contribution in [0.2, 0.25) is 5.02 Å². The van der Waals surface area contributed by atoms with Crippen LogP contribution in [0.25, 0.3) is 0 Å². The van der Waals surface area contributed by atoms with Crippen LogP contribution in [0.15, 0.2) is 48.5 Å². The molecule has 2 aromatic rings. The molecule has 0 atom stereocenters. The molecular formula is C17H18ClFN2O2S. The molecule has 4 nitrogen and oxygen atoms in total. The molecule has 1 saturated heterocycles. The van der Waals surface area contributed by atoms with E-state index in [0.29, 0.717) is 36.8 Å². The molecule has 24 heavy (non-hydrogen) atoms. The zero-order valence-corrected chi connectivity index (χ0v) is 14.6. The maximum absolute atomic E-state index is 12.9. The molecule has 1 aliphatic rings. The maximum Gasteiger partial charge on any atom is 0.218 e. The van der Waals surface area contributed by atoms with Crippen molar-refractivity contribution in [3.05, 3.63) is 64.9 Å². The zero-order chi connectivity index (χ0) is 17.2. The predicted octanol–water partition coefficient (Wildman–Crippen LogP) is 3.13. The van der Waals surface area contributed by atoms with E-state index in [9.17, 15) is 12.8 Å². The highest BCUT2D eigenvalue weighted by molar-refractivity contribution is 7.88. The van der Waals surface area contributed by atoms with Gasteiger partial charge >= 0.3 is 0 Å². The second kappa shape index (κ2) is 7.09. The van der Waals surface area contributed by atoms with E-state index in [2.05, 4.69) is 4.90 Å². The molecule has 3 rings (SSSR count). The molecule has 0 radical (unpaired) electrons. The van der Waals surface area contributed by atoms with E-state index < -0.39 is 10.0 Å². The van der Waals surface area contributed by atoms with Gasteiger partial charge in [0, 0.05) is 26.2 Å². The second-order valence-corrected chi connectivity index (χ2v) is 8.10. The van der Waals surface area contributed by atoms with Gasteiger partial charge in [0.15, 0.2) is 0 Å². The molecule has 1 fully saturated rings. The lowest BCUT2D eigenvalue weighted by Crippen LogP contribution is -2.49. The van der Waals surface area contributed by atoms with Gasteiger partial charge < -0.3 is 4.90 Å². The zero-order valence-electron chi connectivity index (χ0n) is 13.0. The number of para-hydroxylation sites is 1. The van der Waals surface area contributed by atoms with E-state index in [1.165, 1.54) is 28.6 Å². The largest absolute Gasteiger partial charge is 0.368 e. The van der Waals surface area contributed by atoms with Gasteiger partial charge in [0.2, 0.25) is 10.0 Å². The predicted molar refractivity (Wildman–Crippen MR) is 94.3 cm³/mol. The van der Waals surface area contributed by atoms with Gasteiger partial charge in [-0.15, -0.1) is 0 Å². The first-order valence-electron chi connectivity index (χ1n) is 7.67. The lowest BCUT2D eigenvalue weighted by molar-refractivity contribution is 0.384. The highest BCUT2D eigenvalue weighted by atomic mass is 35.5. The van der Waals surface area contributed by atoms with E-state index >= 15 is 0 Å². The summed E-state index contributed by atoms with van der Waals surface area (Å²) in [6.07, 6.45) is 0. The van der Waals surface area contributed by atoms with Gasteiger partial charge in [-0.2, -0.15) is 4.31 Å². The SMILES string of the molecule is O=S(=O)(Cc1ccc(F)cc1)N1CCN(c2ccccc2Cl)CC1. The summed E-state index contributed by atoms with van der Waals surface area (Å²) in [6.45, 7) is 2.00. The summed E-state index contributed by atoms with van der Waals surface area (Å²) >= 11 is 6.20. The summed E-state index contributed by atoms with van der Waals surface area (Å²) < 4.78 is 39.5. The van der Waals surface area contributed by atoms with Gasteiger partial charge in [-0.25, -0.2) is 12.8 Å². The molecular weight excluding hydrogens is 351 g/mol. The topological polar surface area (TPSA) is 40.6 Å². The minimum absolute atomic E-state index is 0.112. The molecule has 0 aromatic heterocycles. The Morgan fingerprint density at radius 2 is 1.58 bits per heavy atom. The van der Waals surface area contributed by atoms with Crippen LogP contribution in [0.5, 0.6) is 0 Å². The molecule has 0 saturated carbocycles. The number of hydrogen-bond donors (Lipinski definition) is 0. The van der Waals surface area contributed by atoms with Crippen LogP contribution in [0.4, 0.5) is 10.1 Å². The average Bonchev–Trinajstić information content (AvgIpc) is 2.57. The Labute approximate surface area is 146 Å². The fourth-order valence-electron chi connectivity index (χ4n) is 2.80. The molecule has 0 amide bonds. The maximum atomic E-state index is 12.9. The van der Waals surface area contributed by atoms with Crippen molar-refractivity contribution in [1.29, 1.82) is 0 Å². The van der Waals surface area contributed by atoms with Crippen molar-refractivity contribution in [2.24, 2.45) is 0 Å². The number of piperazine rings is 1. The van der Waals surface area contributed by atoms with Gasteiger partial charge in [-0.1, -0.05) is 35.9 Å². The van der Waals surface area contributed by atoms with Crippen molar-refractivity contribution in [2.75, 3.05) is 31.1 Å². The number of benzene rings is 2. The lowest BCUT2D eigenvalue weighted by Gasteiger charge is -2.35. The summed E-state index contributed by atoms with van der Waals surface area (Å²) in [5, 5.41) is 0.667. The Morgan fingerprint density at radius 3 is 2.21 bits per heavy atom. The first-order valence-corrected chi connectivity index (χ1v) is 9.66. The van der Waals surface area contributed by atoms with Gasteiger partial charge in [0.1, 0.15) is 5.82 Å². The number of nitrogens with zero attached hydrogens (tertiary/aromatic N) is 2. The van der Waals surface area contributed by atoms with Crippen LogP contribution in [0.3, 0.4) is 0 Å². The molecule has 0 aliphatic carbocycles. The number of halogens is 2. The highest BCUT2D eigenvalue weighted by Crippen LogP contribution is 2.26. The third-order valence-electron chi connectivity index (χ3n) is 4.09. The fourth-order valence-corrected chi connectivity index (χ4v) is 4.57. The molecule has 0 bridgehead atoms. The van der Waals surface area contributed by atoms with E-state index in [-0.39, 0.29) is 11.6 Å². The minimum atomic E-state index is -3.41. The van der Waals surface area contributed by atoms with Crippen LogP contribution >= 0.6 is 11.6 Å². The van der Waals surface area contributed by atoms with Crippen molar-refractivity contribution in [3.63, 3.8) is 0 Å². The lowest BCUT2D eigenvalue weighted by atomic mass is 10.2. The first-order chi connectivity index (χ1) is 11.5. The smallest absolute Gasteiger partial charge is 0.218 e. The number of hydrogen-bond acceptors (Lipinski definition) is 3. The van der Waals surface area contributed by atoms with Crippen molar-refractivity contribution >= 4 is 27.3 Å². The number of anilines is 1. The van der Waals surface area contributed by atoms with Crippen molar-refractivity contribution < 1.29 is 12.8 Å². The Balaban J connectivity index is 1.65. The molecule has 2 aromatic carbocycles. The summed E-state index contributed by atoms with van der Waals surface area (Å²) in [5.41, 5.74) is 1.51. The van der Waals surface area contributed by atoms with Crippen molar-refractivity contribution in [2.45, 2.75) is 5.75 Å². The highest BCUT2D eigenvalue weighted by Gasteiger charge is 2.27. The van der Waals surface area contributed by atoms with Gasteiger partial charge in [0.25, 0.3) is 0 Å². The Morgan fingerprint density at radius 1 is 0.958 bits per heavy atom. The van der Waals surface area contributed by atoms with Crippen LogP contribution < -0.4 is 4.90 Å². The third-order valence-corrected chi connectivity index (χ3v) is 6.26. The standard InChI is InChI=1S/C17H18ClFN2O2S/c18-16-3-1-2-4-17(16)20-9-11-21(12-10-20)24(22,23)13-14-5-7-15(19)8-6-14/h1-8H,9-13H2. The first kappa shape index (κ1) is 17.2. The Hall–Kier alpha value is -1.63. The van der Waals surface area contributed by atoms with E-state index in [1.807, 2.05) is 24.3 Å².